The zero-order valence-electron chi connectivity index (χ0n) is 5.24. The van der Waals surface area contributed by atoms with E-state index in [0.717, 1.165) is 0 Å². The van der Waals surface area contributed by atoms with Crippen molar-refractivity contribution in [2.24, 2.45) is 0 Å². The zero-order valence-corrected chi connectivity index (χ0v) is 6.82. The van der Waals surface area contributed by atoms with Gasteiger partial charge in [0.1, 0.15) is 0 Å². The maximum Gasteiger partial charge on any atom is 0.267 e. The van der Waals surface area contributed by atoms with E-state index in [9.17, 15) is 13.2 Å². The molecule has 0 heterocycles. The molecule has 0 fully saturated rings. The molecule has 0 aromatic rings. The molecule has 0 rings (SSSR count). The molecule has 0 radical (unpaired) electrons. The van der Waals surface area contributed by atoms with E-state index in [4.69, 9.17) is 16.2 Å². The first kappa shape index (κ1) is 9.87. The highest BCUT2D eigenvalue weighted by Gasteiger charge is 2.19. The van der Waals surface area contributed by atoms with Crippen molar-refractivity contribution in [3.63, 3.8) is 0 Å². The van der Waals surface area contributed by atoms with Crippen molar-refractivity contribution >= 4 is 27.0 Å². The average Bonchev–Trinajstić information content (AvgIpc) is 1.60. The van der Waals surface area contributed by atoms with E-state index in [1.807, 2.05) is 0 Å². The molecule has 0 aromatic heterocycles. The van der Waals surface area contributed by atoms with Crippen LogP contribution in [0.1, 0.15) is 13.3 Å². The van der Waals surface area contributed by atoms with Crippen molar-refractivity contribution in [3.8, 4) is 0 Å². The number of carbonyl (C=O) groups excluding carboxylic acids is 1. The standard InChI is InChI=1S/C4H7ClO4S/c1-3(2-4(5)6)10(7,8)9/h3H,2H2,1H3,(H,7,8,9). The Balaban J connectivity index is 4.12. The number of rotatable bonds is 3. The molecule has 0 saturated heterocycles. The Morgan fingerprint density at radius 2 is 2.10 bits per heavy atom. The van der Waals surface area contributed by atoms with Gasteiger partial charge in [-0.1, -0.05) is 0 Å². The third kappa shape index (κ3) is 3.81. The summed E-state index contributed by atoms with van der Waals surface area (Å²) >= 11 is 4.86. The Kier molecular flexibility index (Phi) is 3.27. The Hall–Kier alpha value is -0.130. The van der Waals surface area contributed by atoms with Gasteiger partial charge in [0.15, 0.2) is 0 Å². The normalized spacial score (nSPS) is 14.7. The van der Waals surface area contributed by atoms with Crippen LogP contribution in [0.4, 0.5) is 0 Å². The summed E-state index contributed by atoms with van der Waals surface area (Å²) in [5.74, 6) is 0. The molecule has 6 heteroatoms. The lowest BCUT2D eigenvalue weighted by atomic mass is 10.4. The number of hydrogen-bond donors (Lipinski definition) is 1. The van der Waals surface area contributed by atoms with Gasteiger partial charge in [-0.25, -0.2) is 0 Å². The minimum absolute atomic E-state index is 0.361. The highest BCUT2D eigenvalue weighted by atomic mass is 35.5. The van der Waals surface area contributed by atoms with Gasteiger partial charge in [-0.15, -0.1) is 0 Å². The summed E-state index contributed by atoms with van der Waals surface area (Å²) in [6, 6.07) is 0. The van der Waals surface area contributed by atoms with Crippen molar-refractivity contribution < 1.29 is 17.8 Å². The van der Waals surface area contributed by atoms with Gasteiger partial charge < -0.3 is 0 Å². The quantitative estimate of drug-likeness (QED) is 0.512. The van der Waals surface area contributed by atoms with Gasteiger partial charge in [0.05, 0.1) is 5.25 Å². The third-order valence-corrected chi connectivity index (χ3v) is 2.29. The summed E-state index contributed by atoms with van der Waals surface area (Å²) in [7, 11) is -4.10. The molecule has 10 heavy (non-hydrogen) atoms. The second-order valence-corrected chi connectivity index (χ2v) is 4.14. The van der Waals surface area contributed by atoms with E-state index in [0.29, 0.717) is 0 Å². The molecular weight excluding hydrogens is 180 g/mol. The van der Waals surface area contributed by atoms with Crippen molar-refractivity contribution in [3.05, 3.63) is 0 Å². The molecule has 1 N–H and O–H groups in total. The van der Waals surface area contributed by atoms with Gasteiger partial charge in [-0.05, 0) is 18.5 Å². The lowest BCUT2D eigenvalue weighted by Crippen LogP contribution is -2.18. The predicted molar refractivity (Wildman–Crippen MR) is 36.5 cm³/mol. The van der Waals surface area contributed by atoms with Gasteiger partial charge in [-0.3, -0.25) is 9.35 Å². The first-order valence-corrected chi connectivity index (χ1v) is 4.37. The molecule has 4 nitrogen and oxygen atoms in total. The smallest absolute Gasteiger partial charge is 0.267 e. The van der Waals surface area contributed by atoms with E-state index in [1.165, 1.54) is 6.92 Å². The predicted octanol–water partition coefficient (Wildman–Crippen LogP) is 0.418. The monoisotopic (exact) mass is 186 g/mol. The number of hydrogen-bond acceptors (Lipinski definition) is 3. The molecule has 0 spiro atoms. The molecule has 0 aromatic carbocycles. The summed E-state index contributed by atoms with van der Waals surface area (Å²) in [6.07, 6.45) is -0.361. The lowest BCUT2D eigenvalue weighted by Gasteiger charge is -2.01. The fourth-order valence-electron chi connectivity index (χ4n) is 0.331. The van der Waals surface area contributed by atoms with Crippen molar-refractivity contribution in [1.29, 1.82) is 0 Å². The van der Waals surface area contributed by atoms with Crippen LogP contribution >= 0.6 is 11.6 Å². The molecule has 1 atom stereocenters. The Bertz CT molecular complexity index is 219. The summed E-state index contributed by atoms with van der Waals surface area (Å²) in [4.78, 5) is 10.1. The van der Waals surface area contributed by atoms with Crippen LogP contribution in [0.3, 0.4) is 0 Å². The Morgan fingerprint density at radius 1 is 1.70 bits per heavy atom. The van der Waals surface area contributed by atoms with Gasteiger partial charge in [-0.2, -0.15) is 8.42 Å². The van der Waals surface area contributed by atoms with Crippen molar-refractivity contribution in [2.75, 3.05) is 0 Å². The average molecular weight is 187 g/mol. The third-order valence-electron chi connectivity index (χ3n) is 0.956. The second-order valence-electron chi connectivity index (χ2n) is 1.88. The largest absolute Gasteiger partial charge is 0.285 e. The summed E-state index contributed by atoms with van der Waals surface area (Å²) in [5, 5.41) is -1.89. The highest BCUT2D eigenvalue weighted by molar-refractivity contribution is 7.86. The van der Waals surface area contributed by atoms with Crippen LogP contribution in [0.25, 0.3) is 0 Å². The second kappa shape index (κ2) is 3.32. The maximum absolute atomic E-state index is 10.2. The fraction of sp³-hybridized carbons (Fsp3) is 0.750. The molecule has 0 aliphatic carbocycles. The molecular formula is C4H7ClO4S. The van der Waals surface area contributed by atoms with E-state index in [1.54, 1.807) is 0 Å². The summed E-state index contributed by atoms with van der Waals surface area (Å²) < 4.78 is 28.7. The van der Waals surface area contributed by atoms with Crippen LogP contribution in [0.2, 0.25) is 0 Å². The van der Waals surface area contributed by atoms with Crippen LogP contribution in [-0.4, -0.2) is 23.5 Å². The minimum atomic E-state index is -4.10. The van der Waals surface area contributed by atoms with Gasteiger partial charge in [0.2, 0.25) is 5.24 Å². The molecule has 1 unspecified atom stereocenters. The zero-order chi connectivity index (χ0) is 8.36. The van der Waals surface area contributed by atoms with E-state index < -0.39 is 20.6 Å². The van der Waals surface area contributed by atoms with Crippen LogP contribution in [0, 0.1) is 0 Å². The van der Waals surface area contributed by atoms with Crippen molar-refractivity contribution in [2.45, 2.75) is 18.6 Å². The minimum Gasteiger partial charge on any atom is -0.285 e. The Morgan fingerprint density at radius 3 is 2.20 bits per heavy atom. The molecule has 0 amide bonds. The molecule has 0 aliphatic rings. The summed E-state index contributed by atoms with van der Waals surface area (Å²) in [6.45, 7) is 1.20. The highest BCUT2D eigenvalue weighted by Crippen LogP contribution is 2.04. The first-order chi connectivity index (χ1) is 4.34. The van der Waals surface area contributed by atoms with E-state index >= 15 is 0 Å². The van der Waals surface area contributed by atoms with Gasteiger partial charge in [0.25, 0.3) is 10.1 Å². The molecule has 0 bridgehead atoms. The first-order valence-electron chi connectivity index (χ1n) is 2.48. The SMILES string of the molecule is CC(CC(=O)Cl)S(=O)(=O)O. The van der Waals surface area contributed by atoms with Crippen LogP contribution < -0.4 is 0 Å². The summed E-state index contributed by atoms with van der Waals surface area (Å²) in [5.41, 5.74) is 0. The van der Waals surface area contributed by atoms with Crippen LogP contribution in [-0.2, 0) is 14.9 Å². The Labute approximate surface area is 63.9 Å². The fourth-order valence-corrected chi connectivity index (χ4v) is 1.02. The van der Waals surface area contributed by atoms with Crippen LogP contribution in [0.15, 0.2) is 0 Å². The number of halogens is 1. The maximum atomic E-state index is 10.2. The van der Waals surface area contributed by atoms with Gasteiger partial charge in [0, 0.05) is 6.42 Å². The topological polar surface area (TPSA) is 71.4 Å². The van der Waals surface area contributed by atoms with E-state index in [-0.39, 0.29) is 6.42 Å². The molecule has 0 aliphatic heterocycles. The molecule has 60 valence electrons. The van der Waals surface area contributed by atoms with Gasteiger partial charge >= 0.3 is 0 Å². The van der Waals surface area contributed by atoms with Crippen molar-refractivity contribution in [1.82, 2.24) is 0 Å². The number of carbonyl (C=O) groups is 1. The van der Waals surface area contributed by atoms with Crippen LogP contribution in [0.5, 0.6) is 0 Å². The molecule has 0 saturated carbocycles. The lowest BCUT2D eigenvalue weighted by molar-refractivity contribution is -0.111. The van der Waals surface area contributed by atoms with E-state index in [2.05, 4.69) is 0 Å².